The summed E-state index contributed by atoms with van der Waals surface area (Å²) < 4.78 is 6.36. The van der Waals surface area contributed by atoms with E-state index in [0.717, 1.165) is 26.7 Å². The number of rotatable bonds is 5. The highest BCUT2D eigenvalue weighted by Crippen LogP contribution is 2.36. The molecule has 1 heterocycles. The van der Waals surface area contributed by atoms with Crippen LogP contribution in [-0.2, 0) is 0 Å². The molecule has 0 aliphatic heterocycles. The van der Waals surface area contributed by atoms with Gasteiger partial charge in [-0.1, -0.05) is 47.2 Å². The molecule has 1 atom stereocenters. The fraction of sp³-hybridized carbons (Fsp3) is 0.0952. The lowest BCUT2D eigenvalue weighted by atomic mass is 9.98. The number of methoxy groups -OCH3 is 1. The second kappa shape index (κ2) is 7.47. The van der Waals surface area contributed by atoms with Gasteiger partial charge in [0.15, 0.2) is 5.13 Å². The molecule has 0 radical (unpaired) electrons. The third-order valence-electron chi connectivity index (χ3n) is 4.31. The van der Waals surface area contributed by atoms with Crippen LogP contribution in [0.3, 0.4) is 0 Å². The van der Waals surface area contributed by atoms with E-state index < -0.39 is 0 Å². The Balaban J connectivity index is 1.77. The molecule has 136 valence electrons. The minimum atomic E-state index is -0.310. The van der Waals surface area contributed by atoms with Gasteiger partial charge in [-0.25, -0.2) is 4.98 Å². The van der Waals surface area contributed by atoms with Gasteiger partial charge in [0.2, 0.25) is 0 Å². The number of hydrogen-bond donors (Lipinski definition) is 2. The number of hydrogen-bond acceptors (Lipinski definition) is 5. The Bertz CT molecular complexity index is 1050. The van der Waals surface area contributed by atoms with Crippen LogP contribution in [0.5, 0.6) is 11.5 Å². The first-order valence-electron chi connectivity index (χ1n) is 8.38. The van der Waals surface area contributed by atoms with Crippen molar-refractivity contribution in [2.24, 2.45) is 0 Å². The molecule has 0 spiro atoms. The first-order valence-corrected chi connectivity index (χ1v) is 9.58. The average molecular weight is 397 g/mol. The second-order valence-corrected chi connectivity index (χ2v) is 7.51. The summed E-state index contributed by atoms with van der Waals surface area (Å²) in [5.74, 6) is 0.946. The van der Waals surface area contributed by atoms with Crippen molar-refractivity contribution in [3.8, 4) is 11.5 Å². The molecule has 0 saturated heterocycles. The fourth-order valence-corrected chi connectivity index (χ4v) is 4.03. The molecule has 0 aliphatic carbocycles. The van der Waals surface area contributed by atoms with Crippen LogP contribution in [0.15, 0.2) is 66.7 Å². The summed E-state index contributed by atoms with van der Waals surface area (Å²) in [4.78, 5) is 4.66. The second-order valence-electron chi connectivity index (χ2n) is 6.04. The topological polar surface area (TPSA) is 54.4 Å². The summed E-state index contributed by atoms with van der Waals surface area (Å²) in [7, 11) is 1.63. The molecule has 0 fully saturated rings. The van der Waals surface area contributed by atoms with Crippen molar-refractivity contribution in [1.29, 1.82) is 0 Å². The Labute approximate surface area is 166 Å². The van der Waals surface area contributed by atoms with Gasteiger partial charge in [-0.05, 0) is 48.0 Å². The number of nitrogens with zero attached hydrogens (tertiary/aromatic N) is 1. The molecule has 0 amide bonds. The van der Waals surface area contributed by atoms with E-state index in [4.69, 9.17) is 16.3 Å². The number of ether oxygens (including phenoxy) is 1. The van der Waals surface area contributed by atoms with E-state index >= 15 is 0 Å². The van der Waals surface area contributed by atoms with Crippen LogP contribution in [0.25, 0.3) is 10.2 Å². The Morgan fingerprint density at radius 1 is 1.07 bits per heavy atom. The molecule has 4 nitrogen and oxygen atoms in total. The van der Waals surface area contributed by atoms with E-state index in [1.54, 1.807) is 36.6 Å². The monoisotopic (exact) mass is 396 g/mol. The molecular weight excluding hydrogens is 380 g/mol. The minimum Gasteiger partial charge on any atom is -0.508 e. The maximum absolute atomic E-state index is 10.4. The van der Waals surface area contributed by atoms with Crippen molar-refractivity contribution in [2.45, 2.75) is 6.04 Å². The number of phenolic OH excluding ortho intramolecular Hbond substituents is 1. The number of phenols is 1. The number of aromatic hydroxyl groups is 1. The SMILES string of the molecule is COc1ccc(C(Nc2nc3ccccc3s2)c2cc(Cl)ccc2O)cc1. The van der Waals surface area contributed by atoms with Gasteiger partial charge in [-0.15, -0.1) is 0 Å². The summed E-state index contributed by atoms with van der Waals surface area (Å²) in [6.07, 6.45) is 0. The number of halogens is 1. The molecule has 27 heavy (non-hydrogen) atoms. The Morgan fingerprint density at radius 2 is 1.85 bits per heavy atom. The number of benzene rings is 3. The van der Waals surface area contributed by atoms with E-state index in [9.17, 15) is 5.11 Å². The zero-order chi connectivity index (χ0) is 18.8. The first kappa shape index (κ1) is 17.6. The van der Waals surface area contributed by atoms with Crippen LogP contribution in [0, 0.1) is 0 Å². The summed E-state index contributed by atoms with van der Waals surface area (Å²) in [5.41, 5.74) is 2.59. The molecule has 2 N–H and O–H groups in total. The van der Waals surface area contributed by atoms with Gasteiger partial charge in [0.25, 0.3) is 0 Å². The highest BCUT2D eigenvalue weighted by atomic mass is 35.5. The Kier molecular flexibility index (Phi) is 4.88. The number of para-hydroxylation sites is 1. The highest BCUT2D eigenvalue weighted by Gasteiger charge is 2.20. The Morgan fingerprint density at radius 3 is 2.59 bits per heavy atom. The lowest BCUT2D eigenvalue weighted by Gasteiger charge is -2.21. The number of anilines is 1. The van der Waals surface area contributed by atoms with Crippen molar-refractivity contribution in [2.75, 3.05) is 12.4 Å². The van der Waals surface area contributed by atoms with Crippen molar-refractivity contribution in [3.05, 3.63) is 82.9 Å². The summed E-state index contributed by atoms with van der Waals surface area (Å²) in [5, 5.41) is 15.2. The molecule has 1 unspecified atom stereocenters. The number of fused-ring (bicyclic) bond motifs is 1. The maximum Gasteiger partial charge on any atom is 0.184 e. The molecule has 3 aromatic carbocycles. The van der Waals surface area contributed by atoms with Gasteiger partial charge in [0.05, 0.1) is 23.4 Å². The molecule has 0 bridgehead atoms. The largest absolute Gasteiger partial charge is 0.508 e. The van der Waals surface area contributed by atoms with Crippen LogP contribution in [0.1, 0.15) is 17.2 Å². The van der Waals surface area contributed by atoms with E-state index in [1.165, 1.54) is 0 Å². The minimum absolute atomic E-state index is 0.175. The fourth-order valence-electron chi connectivity index (χ4n) is 2.95. The average Bonchev–Trinajstić information content (AvgIpc) is 3.11. The first-order chi connectivity index (χ1) is 13.1. The van der Waals surface area contributed by atoms with E-state index in [1.807, 2.05) is 48.5 Å². The normalized spacial score (nSPS) is 12.1. The molecular formula is C21H17ClN2O2S. The number of thiazole rings is 1. The Hall–Kier alpha value is -2.76. The van der Waals surface area contributed by atoms with Gasteiger partial charge in [-0.2, -0.15) is 0 Å². The smallest absolute Gasteiger partial charge is 0.184 e. The quantitative estimate of drug-likeness (QED) is 0.443. The standard InChI is InChI=1S/C21H17ClN2O2S/c1-26-15-9-6-13(7-10-15)20(16-12-14(22)8-11-18(16)25)24-21-23-17-4-2-3-5-19(17)27-21/h2-12,20,25H,1H3,(H,23,24). The zero-order valence-electron chi connectivity index (χ0n) is 14.5. The molecule has 0 saturated carbocycles. The third kappa shape index (κ3) is 3.70. The summed E-state index contributed by atoms with van der Waals surface area (Å²) in [6, 6.07) is 20.4. The lowest BCUT2D eigenvalue weighted by molar-refractivity contribution is 0.414. The van der Waals surface area contributed by atoms with E-state index in [-0.39, 0.29) is 11.8 Å². The zero-order valence-corrected chi connectivity index (χ0v) is 16.1. The van der Waals surface area contributed by atoms with Crippen molar-refractivity contribution in [1.82, 2.24) is 4.98 Å². The predicted octanol–water partition coefficient (Wildman–Crippen LogP) is 5.87. The lowest BCUT2D eigenvalue weighted by Crippen LogP contribution is -2.12. The van der Waals surface area contributed by atoms with Crippen LogP contribution in [0.4, 0.5) is 5.13 Å². The van der Waals surface area contributed by atoms with Crippen LogP contribution < -0.4 is 10.1 Å². The van der Waals surface area contributed by atoms with Crippen LogP contribution in [-0.4, -0.2) is 17.2 Å². The molecule has 6 heteroatoms. The van der Waals surface area contributed by atoms with Gasteiger partial charge >= 0.3 is 0 Å². The molecule has 0 aliphatic rings. The number of nitrogens with one attached hydrogen (secondary N) is 1. The molecule has 4 aromatic rings. The van der Waals surface area contributed by atoms with E-state index in [2.05, 4.69) is 10.3 Å². The maximum atomic E-state index is 10.4. The summed E-state index contributed by atoms with van der Waals surface area (Å²) >= 11 is 7.76. The van der Waals surface area contributed by atoms with Crippen molar-refractivity contribution < 1.29 is 9.84 Å². The van der Waals surface area contributed by atoms with Gasteiger partial charge in [-0.3, -0.25) is 0 Å². The summed E-state index contributed by atoms with van der Waals surface area (Å²) in [6.45, 7) is 0. The molecule has 1 aromatic heterocycles. The van der Waals surface area contributed by atoms with Crippen LogP contribution in [0.2, 0.25) is 5.02 Å². The predicted molar refractivity (Wildman–Crippen MR) is 111 cm³/mol. The van der Waals surface area contributed by atoms with Crippen molar-refractivity contribution in [3.63, 3.8) is 0 Å². The van der Waals surface area contributed by atoms with Gasteiger partial charge in [0.1, 0.15) is 11.5 Å². The van der Waals surface area contributed by atoms with E-state index in [0.29, 0.717) is 10.6 Å². The third-order valence-corrected chi connectivity index (χ3v) is 5.51. The number of aromatic nitrogens is 1. The highest BCUT2D eigenvalue weighted by molar-refractivity contribution is 7.22. The molecule has 4 rings (SSSR count). The van der Waals surface area contributed by atoms with Gasteiger partial charge in [0, 0.05) is 10.6 Å². The van der Waals surface area contributed by atoms with Gasteiger partial charge < -0.3 is 15.2 Å². The van der Waals surface area contributed by atoms with Crippen molar-refractivity contribution >= 4 is 38.3 Å². The van der Waals surface area contributed by atoms with Crippen LogP contribution >= 0.6 is 22.9 Å².